The van der Waals surface area contributed by atoms with E-state index in [1.54, 1.807) is 7.05 Å². The van der Waals surface area contributed by atoms with Crippen LogP contribution >= 0.6 is 0 Å². The zero-order valence-corrected chi connectivity index (χ0v) is 13.5. The first-order valence-corrected chi connectivity index (χ1v) is 7.07. The molecule has 25 heavy (non-hydrogen) atoms. The van der Waals surface area contributed by atoms with Crippen LogP contribution < -0.4 is 25.6 Å². The fourth-order valence-electron chi connectivity index (χ4n) is 1.79. The van der Waals surface area contributed by atoms with Crippen LogP contribution in [0.1, 0.15) is 0 Å². The van der Waals surface area contributed by atoms with Crippen molar-refractivity contribution in [3.8, 4) is 5.75 Å². The van der Waals surface area contributed by atoms with E-state index in [-0.39, 0.29) is 18.8 Å². The lowest BCUT2D eigenvalue weighted by Crippen LogP contribution is -3.11. The summed E-state index contributed by atoms with van der Waals surface area (Å²) in [6.07, 6.45) is -4.79. The molecule has 0 radical (unpaired) electrons. The van der Waals surface area contributed by atoms with Crippen LogP contribution in [0.15, 0.2) is 24.3 Å². The molecule has 1 aromatic rings. The summed E-state index contributed by atoms with van der Waals surface area (Å²) in [5, 5.41) is 6.76. The van der Waals surface area contributed by atoms with Gasteiger partial charge in [0.25, 0.3) is 11.8 Å². The maximum absolute atomic E-state index is 12.0. The number of benzene rings is 1. The fraction of sp³-hybridized carbons (Fsp3) is 0.357. The Labute approximate surface area is 141 Å². The summed E-state index contributed by atoms with van der Waals surface area (Å²) in [7, 11) is 2.93. The van der Waals surface area contributed by atoms with Gasteiger partial charge in [-0.1, -0.05) is 0 Å². The molecule has 0 bridgehead atoms. The van der Waals surface area contributed by atoms with Gasteiger partial charge in [-0.3, -0.25) is 14.9 Å². The molecule has 11 heteroatoms. The van der Waals surface area contributed by atoms with E-state index in [0.717, 1.165) is 12.1 Å². The molecule has 1 unspecified atom stereocenters. The lowest BCUT2D eigenvalue weighted by molar-refractivity contribution is -0.862. The number of anilines is 1. The number of imide groups is 1. The van der Waals surface area contributed by atoms with Gasteiger partial charge in [0.05, 0.1) is 7.05 Å². The SMILES string of the molecule is CNC(=O)NC(=O)C[NH+](C)CC(=O)Nc1ccc(OC(F)(F)F)cc1. The highest BCUT2D eigenvalue weighted by Gasteiger charge is 2.31. The van der Waals surface area contributed by atoms with Gasteiger partial charge < -0.3 is 20.3 Å². The minimum Gasteiger partial charge on any atom is -0.406 e. The molecule has 0 aromatic heterocycles. The minimum absolute atomic E-state index is 0.0814. The summed E-state index contributed by atoms with van der Waals surface area (Å²) in [6.45, 7) is -0.193. The van der Waals surface area contributed by atoms with Crippen molar-refractivity contribution in [1.82, 2.24) is 10.6 Å². The number of rotatable bonds is 6. The van der Waals surface area contributed by atoms with Crippen molar-refractivity contribution in [2.75, 3.05) is 32.5 Å². The number of urea groups is 1. The largest absolute Gasteiger partial charge is 0.573 e. The van der Waals surface area contributed by atoms with Crippen LogP contribution in [0, 0.1) is 0 Å². The lowest BCUT2D eigenvalue weighted by Gasteiger charge is -2.13. The van der Waals surface area contributed by atoms with Gasteiger partial charge in [0.15, 0.2) is 13.1 Å². The third kappa shape index (κ3) is 8.55. The summed E-state index contributed by atoms with van der Waals surface area (Å²) in [4.78, 5) is 34.8. The van der Waals surface area contributed by atoms with Crippen LogP contribution in [0.4, 0.5) is 23.7 Å². The highest BCUT2D eigenvalue weighted by molar-refractivity contribution is 5.95. The fourth-order valence-corrected chi connectivity index (χ4v) is 1.79. The monoisotopic (exact) mass is 363 g/mol. The van der Waals surface area contributed by atoms with E-state index in [4.69, 9.17) is 0 Å². The number of halogens is 3. The number of alkyl halides is 3. The Morgan fingerprint density at radius 2 is 1.64 bits per heavy atom. The van der Waals surface area contributed by atoms with Gasteiger partial charge in [-0.2, -0.15) is 0 Å². The molecule has 1 rings (SSSR count). The molecular formula is C14H18F3N4O4+. The Morgan fingerprint density at radius 1 is 1.08 bits per heavy atom. The van der Waals surface area contributed by atoms with Crippen molar-refractivity contribution in [2.45, 2.75) is 6.36 Å². The van der Waals surface area contributed by atoms with Crippen LogP contribution in [0.2, 0.25) is 0 Å². The van der Waals surface area contributed by atoms with Crippen LogP contribution in [-0.4, -0.2) is 51.4 Å². The standard InChI is InChI=1S/C14H17F3N4O4/c1-18-13(24)20-12(23)8-21(2)7-11(22)19-9-3-5-10(6-4-9)25-14(15,16)17/h3-6H,7-8H2,1-2H3,(H,19,22)(H2,18,20,23,24)/p+1. The second kappa shape index (κ2) is 8.87. The third-order valence-corrected chi connectivity index (χ3v) is 2.78. The van der Waals surface area contributed by atoms with Gasteiger partial charge in [0.1, 0.15) is 5.75 Å². The Morgan fingerprint density at radius 3 is 2.16 bits per heavy atom. The van der Waals surface area contributed by atoms with Crippen molar-refractivity contribution < 1.29 is 37.2 Å². The van der Waals surface area contributed by atoms with E-state index >= 15 is 0 Å². The predicted molar refractivity (Wildman–Crippen MR) is 81.0 cm³/mol. The highest BCUT2D eigenvalue weighted by atomic mass is 19.4. The van der Waals surface area contributed by atoms with Gasteiger partial charge in [0, 0.05) is 12.7 Å². The van der Waals surface area contributed by atoms with E-state index < -0.39 is 30.0 Å². The van der Waals surface area contributed by atoms with E-state index in [1.807, 2.05) is 0 Å². The first kappa shape index (κ1) is 20.2. The van der Waals surface area contributed by atoms with Crippen molar-refractivity contribution in [1.29, 1.82) is 0 Å². The number of carbonyl (C=O) groups excluding carboxylic acids is 3. The molecule has 0 aliphatic rings. The summed E-state index contributed by atoms with van der Waals surface area (Å²) in [5.74, 6) is -1.41. The van der Waals surface area contributed by atoms with Gasteiger partial charge in [0.2, 0.25) is 0 Å². The Kier molecular flexibility index (Phi) is 7.18. The number of hydrogen-bond acceptors (Lipinski definition) is 4. The second-order valence-corrected chi connectivity index (χ2v) is 5.06. The third-order valence-electron chi connectivity index (χ3n) is 2.78. The Hall–Kier alpha value is -2.82. The van der Waals surface area contributed by atoms with Gasteiger partial charge >= 0.3 is 12.4 Å². The molecule has 1 atom stereocenters. The molecule has 8 nitrogen and oxygen atoms in total. The van der Waals surface area contributed by atoms with Crippen molar-refractivity contribution in [2.24, 2.45) is 0 Å². The van der Waals surface area contributed by atoms with Crippen molar-refractivity contribution >= 4 is 23.5 Å². The minimum atomic E-state index is -4.79. The van der Waals surface area contributed by atoms with E-state index in [9.17, 15) is 27.6 Å². The van der Waals surface area contributed by atoms with Crippen molar-refractivity contribution in [3.63, 3.8) is 0 Å². The topological polar surface area (TPSA) is 101 Å². The average Bonchev–Trinajstić information content (AvgIpc) is 2.47. The molecule has 0 aliphatic carbocycles. The van der Waals surface area contributed by atoms with Crippen LogP contribution in [-0.2, 0) is 9.59 Å². The molecular weight excluding hydrogens is 345 g/mol. The van der Waals surface area contributed by atoms with E-state index in [0.29, 0.717) is 4.90 Å². The quantitative estimate of drug-likeness (QED) is 0.547. The zero-order valence-electron chi connectivity index (χ0n) is 13.5. The average molecular weight is 363 g/mol. The lowest BCUT2D eigenvalue weighted by atomic mass is 10.3. The highest BCUT2D eigenvalue weighted by Crippen LogP contribution is 2.23. The molecule has 4 amide bonds. The molecule has 0 aliphatic heterocycles. The number of ether oxygens (including phenoxy) is 1. The zero-order chi connectivity index (χ0) is 19.0. The first-order valence-electron chi connectivity index (χ1n) is 7.07. The summed E-state index contributed by atoms with van der Waals surface area (Å²) in [6, 6.07) is 4.00. The Balaban J connectivity index is 2.45. The van der Waals surface area contributed by atoms with Crippen LogP contribution in [0.25, 0.3) is 0 Å². The molecule has 0 spiro atoms. The molecule has 138 valence electrons. The maximum Gasteiger partial charge on any atom is 0.573 e. The molecule has 0 heterocycles. The normalized spacial score (nSPS) is 12.0. The Bertz CT molecular complexity index is 619. The number of likely N-dealkylation sites (N-methyl/N-ethyl adjacent to an activating group) is 1. The molecule has 0 fully saturated rings. The number of quaternary nitrogens is 1. The van der Waals surface area contributed by atoms with Gasteiger partial charge in [-0.05, 0) is 24.3 Å². The summed E-state index contributed by atoms with van der Waals surface area (Å²) in [5.41, 5.74) is 0.280. The maximum atomic E-state index is 12.0. The number of hydrogen-bond donors (Lipinski definition) is 4. The molecule has 0 saturated carbocycles. The van der Waals surface area contributed by atoms with Crippen LogP contribution in [0.3, 0.4) is 0 Å². The number of amides is 4. The van der Waals surface area contributed by atoms with Gasteiger partial charge in [-0.25, -0.2) is 4.79 Å². The molecule has 4 N–H and O–H groups in total. The summed E-state index contributed by atoms with van der Waals surface area (Å²) < 4.78 is 39.9. The van der Waals surface area contributed by atoms with Crippen molar-refractivity contribution in [3.05, 3.63) is 24.3 Å². The van der Waals surface area contributed by atoms with E-state index in [2.05, 4.69) is 20.7 Å². The number of carbonyl (C=O) groups is 3. The second-order valence-electron chi connectivity index (χ2n) is 5.06. The van der Waals surface area contributed by atoms with Gasteiger partial charge in [-0.15, -0.1) is 13.2 Å². The molecule has 0 saturated heterocycles. The predicted octanol–water partition coefficient (Wildman–Crippen LogP) is -0.506. The first-order chi connectivity index (χ1) is 11.6. The smallest absolute Gasteiger partial charge is 0.406 e. The van der Waals surface area contributed by atoms with E-state index in [1.165, 1.54) is 19.2 Å². The summed E-state index contributed by atoms with van der Waals surface area (Å²) >= 11 is 0. The van der Waals surface area contributed by atoms with Crippen LogP contribution in [0.5, 0.6) is 5.75 Å². The molecule has 1 aromatic carbocycles. The number of nitrogens with one attached hydrogen (secondary N) is 4.